The molecule has 0 saturated carbocycles. The highest BCUT2D eigenvalue weighted by atomic mass is 19.3. The first-order chi connectivity index (χ1) is 20.3. The number of anilines is 1. The number of alkyl halides is 2. The Bertz CT molecular complexity index is 1690. The third-order valence-electron chi connectivity index (χ3n) is 8.50. The van der Waals surface area contributed by atoms with E-state index in [1.807, 2.05) is 24.5 Å². The first kappa shape index (κ1) is 26.3. The topological polar surface area (TPSA) is 114 Å². The number of ether oxygens (including phenoxy) is 1. The van der Waals surface area contributed by atoms with Crippen LogP contribution in [0.2, 0.25) is 0 Å². The number of piperidine rings is 1. The number of carbonyl (C=O) groups excluding carboxylic acids is 2. The van der Waals surface area contributed by atoms with Gasteiger partial charge >= 0.3 is 6.61 Å². The number of halogens is 2. The smallest absolute Gasteiger partial charge is 0.387 e. The molecule has 3 atom stereocenters. The van der Waals surface area contributed by atoms with Crippen molar-refractivity contribution >= 4 is 28.8 Å². The summed E-state index contributed by atoms with van der Waals surface area (Å²) in [5, 5.41) is 6.10. The van der Waals surface area contributed by atoms with Gasteiger partial charge in [0.15, 0.2) is 0 Å². The van der Waals surface area contributed by atoms with Gasteiger partial charge in [-0.15, -0.1) is 0 Å². The van der Waals surface area contributed by atoms with E-state index in [9.17, 15) is 18.4 Å². The molecule has 2 aromatic carbocycles. The van der Waals surface area contributed by atoms with E-state index >= 15 is 0 Å². The summed E-state index contributed by atoms with van der Waals surface area (Å²) in [6, 6.07) is 10.3. The molecule has 3 fully saturated rings. The summed E-state index contributed by atoms with van der Waals surface area (Å²) in [5.41, 5.74) is 4.21. The van der Waals surface area contributed by atoms with Crippen LogP contribution in [0.5, 0.6) is 5.75 Å². The number of aryl methyl sites for hydroxylation is 1. The van der Waals surface area contributed by atoms with Gasteiger partial charge in [-0.1, -0.05) is 12.1 Å². The fourth-order valence-corrected chi connectivity index (χ4v) is 6.31. The molecule has 0 unspecified atom stereocenters. The van der Waals surface area contributed by atoms with Gasteiger partial charge in [-0.05, 0) is 56.0 Å². The van der Waals surface area contributed by atoms with Crippen molar-refractivity contribution < 1.29 is 23.1 Å². The second-order valence-corrected chi connectivity index (χ2v) is 11.1. The molecule has 3 saturated heterocycles. The van der Waals surface area contributed by atoms with Gasteiger partial charge in [-0.3, -0.25) is 9.59 Å². The standard InChI is InChI=1S/C30H29F2N7O3/c1-16-21(3-2-4-25(16)42-29(31)32)28(41)37-23-9-10-39-24-11-17(6-8-22(24)36-26(23)39)19-12-33-30(34-13-19)38-14-18-5-7-20(15-38)35-27(18)40/h2-4,6,8,11-13,18,20,23,29H,5,7,9-10,14-15H2,1H3,(H,35,40)(H,37,41)/t18-,20-,23-/m1/s1. The highest BCUT2D eigenvalue weighted by Crippen LogP contribution is 2.33. The molecule has 2 N–H and O–H groups in total. The largest absolute Gasteiger partial charge is 0.435 e. The number of nitrogens with zero attached hydrogens (tertiary/aromatic N) is 5. The molecule has 0 spiro atoms. The lowest BCUT2D eigenvalue weighted by Gasteiger charge is -2.22. The Morgan fingerprint density at radius 3 is 2.71 bits per heavy atom. The van der Waals surface area contributed by atoms with Crippen LogP contribution in [-0.4, -0.2) is 57.1 Å². The summed E-state index contributed by atoms with van der Waals surface area (Å²) in [7, 11) is 0. The Balaban J connectivity index is 1.10. The number of nitrogens with one attached hydrogen (secondary N) is 2. The molecule has 4 aromatic rings. The monoisotopic (exact) mass is 573 g/mol. The molecular formula is C30H29F2N7O3. The highest BCUT2D eigenvalue weighted by molar-refractivity contribution is 5.96. The van der Waals surface area contributed by atoms with Crippen LogP contribution in [0, 0.1) is 12.8 Å². The zero-order chi connectivity index (χ0) is 29.0. The number of fused-ring (bicyclic) bond motifs is 7. The number of rotatable bonds is 6. The zero-order valence-electron chi connectivity index (χ0n) is 22.9. The van der Waals surface area contributed by atoms with E-state index in [0.29, 0.717) is 37.6 Å². The molecule has 216 valence electrons. The van der Waals surface area contributed by atoms with Crippen molar-refractivity contribution in [2.75, 3.05) is 18.0 Å². The predicted molar refractivity (Wildman–Crippen MR) is 150 cm³/mol. The van der Waals surface area contributed by atoms with Crippen molar-refractivity contribution in [3.63, 3.8) is 0 Å². The molecule has 4 aliphatic heterocycles. The lowest BCUT2D eigenvalue weighted by Crippen LogP contribution is -2.43. The number of imidazole rings is 1. The van der Waals surface area contributed by atoms with Crippen LogP contribution in [0.3, 0.4) is 0 Å². The van der Waals surface area contributed by atoms with Crippen molar-refractivity contribution in [1.82, 2.24) is 30.2 Å². The molecule has 0 aliphatic carbocycles. The van der Waals surface area contributed by atoms with E-state index in [4.69, 9.17) is 4.98 Å². The average molecular weight is 574 g/mol. The summed E-state index contributed by atoms with van der Waals surface area (Å²) >= 11 is 0. The summed E-state index contributed by atoms with van der Waals surface area (Å²) < 4.78 is 32.2. The van der Waals surface area contributed by atoms with Crippen LogP contribution >= 0.6 is 0 Å². The first-order valence-corrected chi connectivity index (χ1v) is 14.1. The van der Waals surface area contributed by atoms with E-state index < -0.39 is 6.61 Å². The van der Waals surface area contributed by atoms with Crippen molar-refractivity contribution in [3.05, 3.63) is 65.7 Å². The van der Waals surface area contributed by atoms with Crippen LogP contribution in [0.15, 0.2) is 48.8 Å². The number of benzene rings is 2. The van der Waals surface area contributed by atoms with Crippen LogP contribution in [0.25, 0.3) is 22.2 Å². The Kier molecular flexibility index (Phi) is 6.47. The van der Waals surface area contributed by atoms with Gasteiger partial charge in [0.2, 0.25) is 11.9 Å². The fraction of sp³-hybridized carbons (Fsp3) is 0.367. The number of hydrogen-bond acceptors (Lipinski definition) is 7. The van der Waals surface area contributed by atoms with Crippen molar-refractivity contribution in [2.45, 2.75) is 51.4 Å². The van der Waals surface area contributed by atoms with Gasteiger partial charge in [-0.2, -0.15) is 8.78 Å². The van der Waals surface area contributed by atoms with Gasteiger partial charge in [0.25, 0.3) is 5.91 Å². The minimum Gasteiger partial charge on any atom is -0.435 e. The molecule has 0 radical (unpaired) electrons. The van der Waals surface area contributed by atoms with Crippen LogP contribution in [-0.2, 0) is 11.3 Å². The molecule has 2 amide bonds. The van der Waals surface area contributed by atoms with Crippen molar-refractivity contribution in [2.24, 2.45) is 5.92 Å². The van der Waals surface area contributed by atoms with Gasteiger partial charge in [0, 0.05) is 54.8 Å². The van der Waals surface area contributed by atoms with Crippen LogP contribution in [0.1, 0.15) is 47.1 Å². The summed E-state index contributed by atoms with van der Waals surface area (Å²) in [6.45, 7) is 0.631. The third kappa shape index (κ3) is 4.70. The minimum absolute atomic E-state index is 0.0218. The number of amides is 2. The molecule has 2 aromatic heterocycles. The maximum atomic E-state index is 13.1. The lowest BCUT2D eigenvalue weighted by atomic mass is 9.96. The van der Waals surface area contributed by atoms with E-state index in [1.54, 1.807) is 13.0 Å². The van der Waals surface area contributed by atoms with E-state index in [1.165, 1.54) is 12.1 Å². The number of aromatic nitrogens is 4. The molecule has 10 nitrogen and oxygen atoms in total. The highest BCUT2D eigenvalue weighted by Gasteiger charge is 2.35. The van der Waals surface area contributed by atoms with Gasteiger partial charge in [-0.25, -0.2) is 15.0 Å². The van der Waals surface area contributed by atoms with Gasteiger partial charge < -0.3 is 24.8 Å². The molecule has 4 aliphatic rings. The van der Waals surface area contributed by atoms with E-state index in [0.717, 1.165) is 40.8 Å². The van der Waals surface area contributed by atoms with Crippen LogP contribution < -0.4 is 20.3 Å². The number of hydrogen-bond donors (Lipinski definition) is 2. The summed E-state index contributed by atoms with van der Waals surface area (Å²) in [4.78, 5) is 41.5. The maximum absolute atomic E-state index is 13.1. The fourth-order valence-electron chi connectivity index (χ4n) is 6.31. The molecule has 42 heavy (non-hydrogen) atoms. The maximum Gasteiger partial charge on any atom is 0.387 e. The Hall–Kier alpha value is -4.61. The zero-order valence-corrected chi connectivity index (χ0v) is 22.9. The summed E-state index contributed by atoms with van der Waals surface area (Å²) in [5.74, 6) is 1.08. The molecule has 2 bridgehead atoms. The number of carbonyl (C=O) groups is 2. The first-order valence-electron chi connectivity index (χ1n) is 14.1. The van der Waals surface area contributed by atoms with E-state index in [-0.39, 0.29) is 41.1 Å². The second-order valence-electron chi connectivity index (χ2n) is 11.1. The molecule has 12 heteroatoms. The van der Waals surface area contributed by atoms with Gasteiger partial charge in [0.05, 0.1) is 23.0 Å². The molecule has 8 rings (SSSR count). The second kappa shape index (κ2) is 10.3. The Morgan fingerprint density at radius 2 is 1.93 bits per heavy atom. The SMILES string of the molecule is Cc1c(OC(F)F)cccc1C(=O)N[C@@H]1CCn2c1nc1ccc(-c3cnc(N4C[C@H]5CC[C@H](C4)C(=O)N5)nc3)cc12. The predicted octanol–water partition coefficient (Wildman–Crippen LogP) is 3.99. The third-order valence-corrected chi connectivity index (χ3v) is 8.50. The van der Waals surface area contributed by atoms with Crippen LogP contribution in [0.4, 0.5) is 14.7 Å². The summed E-state index contributed by atoms with van der Waals surface area (Å²) in [6.07, 6.45) is 6.16. The normalized spacial score (nSPS) is 21.4. The Labute approximate surface area is 240 Å². The molecule has 6 heterocycles. The Morgan fingerprint density at radius 1 is 1.10 bits per heavy atom. The molecular weight excluding hydrogens is 544 g/mol. The van der Waals surface area contributed by atoms with Crippen molar-refractivity contribution in [1.29, 1.82) is 0 Å². The average Bonchev–Trinajstić information content (AvgIpc) is 3.40. The lowest BCUT2D eigenvalue weighted by molar-refractivity contribution is -0.126. The quantitative estimate of drug-likeness (QED) is 0.359. The minimum atomic E-state index is -2.97. The van der Waals surface area contributed by atoms with E-state index in [2.05, 4.69) is 40.9 Å². The van der Waals surface area contributed by atoms with Crippen molar-refractivity contribution in [3.8, 4) is 16.9 Å². The van der Waals surface area contributed by atoms with Gasteiger partial charge in [0.1, 0.15) is 11.6 Å².